The first kappa shape index (κ1) is 44.1. The van der Waals surface area contributed by atoms with Gasteiger partial charge in [0, 0.05) is 23.6 Å². The normalized spacial score (nSPS) is 11.1. The monoisotopic (exact) mass is 826 g/mol. The molecule has 0 aliphatic carbocycles. The first-order valence-electron chi connectivity index (χ1n) is 21.1. The van der Waals surface area contributed by atoms with Gasteiger partial charge in [0.05, 0.1) is 40.1 Å². The van der Waals surface area contributed by atoms with Crippen LogP contribution in [0.5, 0.6) is 51.7 Å². The zero-order valence-corrected chi connectivity index (χ0v) is 36.5. The van der Waals surface area contributed by atoms with E-state index in [2.05, 4.69) is 43.3 Å². The summed E-state index contributed by atoms with van der Waals surface area (Å²) in [5.41, 5.74) is 5.61. The van der Waals surface area contributed by atoms with Crippen molar-refractivity contribution in [2.75, 3.05) is 40.1 Å². The van der Waals surface area contributed by atoms with Crippen molar-refractivity contribution < 1.29 is 42.6 Å². The average Bonchev–Trinajstić information content (AvgIpc) is 3.27. The Bertz CT molecular complexity index is 2110. The summed E-state index contributed by atoms with van der Waals surface area (Å²) in [7, 11) is 1.65. The van der Waals surface area contributed by atoms with E-state index in [-0.39, 0.29) is 0 Å². The van der Waals surface area contributed by atoms with E-state index in [1.807, 2.05) is 126 Å². The summed E-state index contributed by atoms with van der Waals surface area (Å²) in [6.45, 7) is 16.0. The van der Waals surface area contributed by atoms with Gasteiger partial charge in [-0.2, -0.15) is 0 Å². The third kappa shape index (κ3) is 11.8. The molecule has 0 aliphatic rings. The van der Waals surface area contributed by atoms with E-state index in [0.29, 0.717) is 52.9 Å². The van der Waals surface area contributed by atoms with Gasteiger partial charge in [0.2, 0.25) is 0 Å². The lowest BCUT2D eigenvalue weighted by Gasteiger charge is -2.32. The summed E-state index contributed by atoms with van der Waals surface area (Å²) in [4.78, 5) is 0. The van der Waals surface area contributed by atoms with Crippen molar-refractivity contribution in [3.63, 3.8) is 0 Å². The van der Waals surface area contributed by atoms with Gasteiger partial charge in [-0.25, -0.2) is 0 Å². The lowest BCUT2D eigenvalue weighted by atomic mass is 9.71. The Morgan fingerprint density at radius 2 is 0.557 bits per heavy atom. The zero-order valence-electron chi connectivity index (χ0n) is 36.5. The predicted molar refractivity (Wildman–Crippen MR) is 240 cm³/mol. The second-order valence-electron chi connectivity index (χ2n) is 14.4. The smallest absolute Gasteiger partial charge is 0.123 e. The first-order valence-corrected chi connectivity index (χ1v) is 21.1. The second kappa shape index (κ2) is 21.7. The van der Waals surface area contributed by atoms with Gasteiger partial charge in [-0.3, -0.25) is 0 Å². The van der Waals surface area contributed by atoms with Crippen molar-refractivity contribution in [1.29, 1.82) is 0 Å². The SMILES string of the molecule is CCOc1cc(COc2ccc(C(C)(c3ccc(OCc4cc(OCC)cc(OCC)c4)cc3)c3ccc(OCc4cc(OCC)cc(OCC)c4)cc3)cc2)cc(OC)c1. The molecule has 9 nitrogen and oxygen atoms in total. The molecule has 0 N–H and O–H groups in total. The quantitative estimate of drug-likeness (QED) is 0.0586. The Hall–Kier alpha value is -6.48. The Morgan fingerprint density at radius 1 is 0.311 bits per heavy atom. The summed E-state index contributed by atoms with van der Waals surface area (Å²) < 4.78 is 53.2. The second-order valence-corrected chi connectivity index (χ2v) is 14.4. The number of rotatable bonds is 23. The van der Waals surface area contributed by atoms with Crippen LogP contribution in [0.2, 0.25) is 0 Å². The van der Waals surface area contributed by atoms with Crippen LogP contribution in [0.1, 0.15) is 74.9 Å². The highest BCUT2D eigenvalue weighted by atomic mass is 16.5. The Kier molecular flexibility index (Phi) is 15.7. The van der Waals surface area contributed by atoms with Crippen LogP contribution in [0, 0.1) is 0 Å². The highest BCUT2D eigenvalue weighted by molar-refractivity contribution is 5.52. The van der Waals surface area contributed by atoms with Crippen molar-refractivity contribution in [3.8, 4) is 51.7 Å². The summed E-state index contributed by atoms with van der Waals surface area (Å²) >= 11 is 0. The summed E-state index contributed by atoms with van der Waals surface area (Å²) in [5.74, 6) is 6.76. The average molecular weight is 827 g/mol. The largest absolute Gasteiger partial charge is 0.497 e. The molecular formula is C52H58O9. The van der Waals surface area contributed by atoms with E-state index in [9.17, 15) is 0 Å². The van der Waals surface area contributed by atoms with Gasteiger partial charge in [-0.15, -0.1) is 0 Å². The minimum Gasteiger partial charge on any atom is -0.497 e. The molecule has 0 saturated heterocycles. The summed E-state index contributed by atoms with van der Waals surface area (Å²) in [6.07, 6.45) is 0. The van der Waals surface area contributed by atoms with Gasteiger partial charge in [0.25, 0.3) is 0 Å². The molecule has 0 spiro atoms. The molecule has 61 heavy (non-hydrogen) atoms. The van der Waals surface area contributed by atoms with Crippen LogP contribution >= 0.6 is 0 Å². The minimum atomic E-state index is -0.550. The molecule has 6 aromatic rings. The molecule has 0 fully saturated rings. The van der Waals surface area contributed by atoms with E-state index in [4.69, 9.17) is 42.6 Å². The highest BCUT2D eigenvalue weighted by Crippen LogP contribution is 2.41. The fraction of sp³-hybridized carbons (Fsp3) is 0.308. The van der Waals surface area contributed by atoms with Crippen LogP contribution in [0.15, 0.2) is 127 Å². The molecule has 320 valence electrons. The Labute approximate surface area is 361 Å². The molecule has 0 heterocycles. The lowest BCUT2D eigenvalue weighted by Crippen LogP contribution is -2.25. The first-order chi connectivity index (χ1) is 29.8. The van der Waals surface area contributed by atoms with E-state index < -0.39 is 5.41 Å². The molecule has 0 radical (unpaired) electrons. The van der Waals surface area contributed by atoms with Crippen LogP contribution in [0.3, 0.4) is 0 Å². The number of benzene rings is 6. The molecule has 9 heteroatoms. The Morgan fingerprint density at radius 3 is 0.803 bits per heavy atom. The van der Waals surface area contributed by atoms with Crippen molar-refractivity contribution in [2.45, 2.75) is 66.8 Å². The summed E-state index contributed by atoms with van der Waals surface area (Å²) in [5, 5.41) is 0. The molecular weight excluding hydrogens is 769 g/mol. The van der Waals surface area contributed by atoms with E-state index in [0.717, 1.165) is 85.1 Å². The van der Waals surface area contributed by atoms with Crippen LogP contribution < -0.4 is 42.6 Å². The van der Waals surface area contributed by atoms with Crippen LogP contribution in [-0.4, -0.2) is 40.1 Å². The third-order valence-corrected chi connectivity index (χ3v) is 10.1. The molecule has 6 rings (SSSR count). The van der Waals surface area contributed by atoms with Gasteiger partial charge in [0.1, 0.15) is 71.6 Å². The molecule has 0 amide bonds. The molecule has 0 unspecified atom stereocenters. The number of hydrogen-bond acceptors (Lipinski definition) is 9. The molecule has 0 saturated carbocycles. The van der Waals surface area contributed by atoms with Crippen molar-refractivity contribution in [3.05, 3.63) is 161 Å². The minimum absolute atomic E-state index is 0.364. The van der Waals surface area contributed by atoms with E-state index >= 15 is 0 Å². The van der Waals surface area contributed by atoms with Crippen molar-refractivity contribution in [2.24, 2.45) is 0 Å². The number of hydrogen-bond donors (Lipinski definition) is 0. The zero-order chi connectivity index (χ0) is 43.0. The molecule has 0 aromatic heterocycles. The fourth-order valence-electron chi connectivity index (χ4n) is 7.16. The van der Waals surface area contributed by atoms with Crippen molar-refractivity contribution >= 4 is 0 Å². The number of methoxy groups -OCH3 is 1. The predicted octanol–water partition coefficient (Wildman–Crippen LogP) is 11.8. The standard InChI is InChI=1S/C52H58O9/c1-8-54-47-26-37(25-46(31-47)53-7)34-59-43-19-13-40(14-20-43)52(6,41-15-21-44(22-16-41)60-35-38-27-48(55-9-2)32-49(28-38)56-10-3)42-17-23-45(24-18-42)61-36-39-29-50(57-11-4)33-51(30-39)58-12-5/h13-33H,8-12,34-36H2,1-7H3. The van der Waals surface area contributed by atoms with Gasteiger partial charge in [0.15, 0.2) is 0 Å². The van der Waals surface area contributed by atoms with Crippen LogP contribution in [0.4, 0.5) is 0 Å². The Balaban J connectivity index is 1.24. The molecule has 0 aliphatic heterocycles. The van der Waals surface area contributed by atoms with Gasteiger partial charge in [-0.05, 0) is 148 Å². The maximum Gasteiger partial charge on any atom is 0.123 e. The van der Waals surface area contributed by atoms with Crippen LogP contribution in [0.25, 0.3) is 0 Å². The molecule has 6 aromatic carbocycles. The van der Waals surface area contributed by atoms with Gasteiger partial charge < -0.3 is 42.6 Å². The fourth-order valence-corrected chi connectivity index (χ4v) is 7.16. The van der Waals surface area contributed by atoms with Gasteiger partial charge in [-0.1, -0.05) is 36.4 Å². The summed E-state index contributed by atoms with van der Waals surface area (Å²) in [6, 6.07) is 42.5. The van der Waals surface area contributed by atoms with Gasteiger partial charge >= 0.3 is 0 Å². The third-order valence-electron chi connectivity index (χ3n) is 10.1. The topological polar surface area (TPSA) is 83.1 Å². The maximum absolute atomic E-state index is 6.30. The van der Waals surface area contributed by atoms with E-state index in [1.165, 1.54) is 0 Å². The van der Waals surface area contributed by atoms with Crippen molar-refractivity contribution in [1.82, 2.24) is 0 Å². The number of ether oxygens (including phenoxy) is 9. The van der Waals surface area contributed by atoms with Crippen LogP contribution in [-0.2, 0) is 25.2 Å². The molecule has 0 atom stereocenters. The highest BCUT2D eigenvalue weighted by Gasteiger charge is 2.31. The lowest BCUT2D eigenvalue weighted by molar-refractivity contribution is 0.297. The maximum atomic E-state index is 6.30. The molecule has 0 bridgehead atoms. The van der Waals surface area contributed by atoms with E-state index in [1.54, 1.807) is 7.11 Å².